The van der Waals surface area contributed by atoms with Gasteiger partial charge in [0, 0.05) is 51.9 Å². The molecule has 3 rings (SSSR count). The lowest BCUT2D eigenvalue weighted by molar-refractivity contribution is -0.192. The number of fused-ring (bicyclic) bond motifs is 1. The van der Waals surface area contributed by atoms with Gasteiger partial charge in [0.05, 0.1) is 5.69 Å². The molecule has 1 aromatic heterocycles. The molecule has 0 saturated heterocycles. The molecule has 2 heterocycles. The molecule has 0 saturated carbocycles. The first-order valence-electron chi connectivity index (χ1n) is 9.72. The Hall–Kier alpha value is -3.06. The van der Waals surface area contributed by atoms with Crippen molar-refractivity contribution >= 4 is 11.9 Å². The van der Waals surface area contributed by atoms with Gasteiger partial charge in [-0.1, -0.05) is 6.07 Å². The van der Waals surface area contributed by atoms with Crippen LogP contribution in [-0.4, -0.2) is 64.6 Å². The molecule has 1 aliphatic heterocycles. The minimum absolute atomic E-state index is 0.0261. The fourth-order valence-corrected chi connectivity index (χ4v) is 3.21. The number of carboxylic acid groups (broad SMARTS) is 1. The van der Waals surface area contributed by atoms with E-state index in [-0.39, 0.29) is 18.4 Å². The molecule has 33 heavy (non-hydrogen) atoms. The van der Waals surface area contributed by atoms with Crippen molar-refractivity contribution in [3.63, 3.8) is 0 Å². The molecule has 0 aliphatic carbocycles. The molecule has 1 amide bonds. The number of ether oxygens (including phenoxy) is 1. The Morgan fingerprint density at radius 2 is 1.91 bits per heavy atom. The number of methoxy groups -OCH3 is 1. The van der Waals surface area contributed by atoms with Crippen LogP contribution in [0.2, 0.25) is 0 Å². The zero-order chi connectivity index (χ0) is 24.6. The number of aliphatic carboxylic acids is 1. The van der Waals surface area contributed by atoms with Crippen molar-refractivity contribution in [2.24, 2.45) is 5.92 Å². The Labute approximate surface area is 185 Å². The van der Waals surface area contributed by atoms with Crippen LogP contribution in [0.25, 0.3) is 0 Å². The molecule has 182 valence electrons. The molecule has 8 nitrogen and oxygen atoms in total. The quantitative estimate of drug-likeness (QED) is 0.618. The number of rotatable bonds is 6. The van der Waals surface area contributed by atoms with E-state index >= 15 is 0 Å². The second kappa shape index (κ2) is 11.7. The van der Waals surface area contributed by atoms with Crippen LogP contribution in [0.5, 0.6) is 0 Å². The van der Waals surface area contributed by atoms with Gasteiger partial charge >= 0.3 is 12.1 Å². The molecule has 1 atom stereocenters. The van der Waals surface area contributed by atoms with Crippen molar-refractivity contribution in [1.82, 2.24) is 20.0 Å². The zero-order valence-corrected chi connectivity index (χ0v) is 17.6. The van der Waals surface area contributed by atoms with E-state index in [0.717, 1.165) is 11.8 Å². The van der Waals surface area contributed by atoms with Gasteiger partial charge in [-0.05, 0) is 23.8 Å². The first kappa shape index (κ1) is 26.2. The van der Waals surface area contributed by atoms with E-state index in [1.165, 1.54) is 13.2 Å². The van der Waals surface area contributed by atoms with Crippen molar-refractivity contribution in [3.05, 3.63) is 53.4 Å². The van der Waals surface area contributed by atoms with E-state index in [9.17, 15) is 26.7 Å². The van der Waals surface area contributed by atoms with Crippen LogP contribution < -0.4 is 5.32 Å². The molecule has 1 unspecified atom stereocenters. The number of alkyl halides is 3. The summed E-state index contributed by atoms with van der Waals surface area (Å²) in [4.78, 5) is 22.7. The van der Waals surface area contributed by atoms with Gasteiger partial charge in [-0.2, -0.15) is 18.3 Å². The van der Waals surface area contributed by atoms with Crippen LogP contribution in [0.4, 0.5) is 22.0 Å². The number of nitrogens with zero attached hydrogens (tertiary/aromatic N) is 3. The van der Waals surface area contributed by atoms with E-state index in [4.69, 9.17) is 14.6 Å². The maximum atomic E-state index is 13.5. The third-order valence-corrected chi connectivity index (χ3v) is 4.63. The van der Waals surface area contributed by atoms with E-state index in [1.807, 2.05) is 10.7 Å². The van der Waals surface area contributed by atoms with Crippen molar-refractivity contribution < 1.29 is 41.4 Å². The highest BCUT2D eigenvalue weighted by Crippen LogP contribution is 2.19. The van der Waals surface area contributed by atoms with Crippen LogP contribution in [-0.2, 0) is 34.0 Å². The van der Waals surface area contributed by atoms with Gasteiger partial charge in [0.15, 0.2) is 11.6 Å². The predicted molar refractivity (Wildman–Crippen MR) is 105 cm³/mol. The average molecular weight is 478 g/mol. The summed E-state index contributed by atoms with van der Waals surface area (Å²) in [6.45, 7) is 3.06. The maximum Gasteiger partial charge on any atom is 0.490 e. The number of benzene rings is 1. The largest absolute Gasteiger partial charge is 0.490 e. The highest BCUT2D eigenvalue weighted by Gasteiger charge is 2.38. The number of nitrogens with one attached hydrogen (secondary N) is 1. The van der Waals surface area contributed by atoms with Crippen LogP contribution in [0.3, 0.4) is 0 Å². The van der Waals surface area contributed by atoms with Gasteiger partial charge in [0.25, 0.3) is 0 Å². The molecular formula is C20H23F5N4O4. The Kier molecular flexibility index (Phi) is 9.29. The van der Waals surface area contributed by atoms with Crippen LogP contribution in [0, 0.1) is 17.6 Å². The van der Waals surface area contributed by atoms with Crippen molar-refractivity contribution in [2.75, 3.05) is 26.8 Å². The molecular weight excluding hydrogens is 455 g/mol. The topological polar surface area (TPSA) is 96.7 Å². The summed E-state index contributed by atoms with van der Waals surface area (Å²) < 4.78 is 65.1. The summed E-state index contributed by atoms with van der Waals surface area (Å²) in [5, 5.41) is 14.3. The molecule has 0 fully saturated rings. The second-order valence-corrected chi connectivity index (χ2v) is 7.33. The first-order chi connectivity index (χ1) is 15.5. The van der Waals surface area contributed by atoms with Crippen LogP contribution in [0.1, 0.15) is 11.3 Å². The van der Waals surface area contributed by atoms with Crippen molar-refractivity contribution in [3.8, 4) is 0 Å². The van der Waals surface area contributed by atoms with Gasteiger partial charge in [0.2, 0.25) is 5.91 Å². The summed E-state index contributed by atoms with van der Waals surface area (Å²) in [5.41, 5.74) is 1.76. The summed E-state index contributed by atoms with van der Waals surface area (Å²) in [7, 11) is 1.48. The number of amides is 1. The van der Waals surface area contributed by atoms with Crippen molar-refractivity contribution in [2.45, 2.75) is 25.8 Å². The SMILES string of the molecule is COCC(=O)NCC1CN(Cc2ccc(F)c(F)c2)Cc2ccnn2C1.O=C(O)C(F)(F)F. The smallest absolute Gasteiger partial charge is 0.475 e. The molecule has 0 spiro atoms. The number of hydrogen-bond acceptors (Lipinski definition) is 5. The van der Waals surface area contributed by atoms with Gasteiger partial charge in [-0.25, -0.2) is 13.6 Å². The van der Waals surface area contributed by atoms with Gasteiger partial charge in [-0.3, -0.25) is 14.4 Å². The fourth-order valence-electron chi connectivity index (χ4n) is 3.21. The molecule has 13 heteroatoms. The monoisotopic (exact) mass is 478 g/mol. The summed E-state index contributed by atoms with van der Waals surface area (Å²) in [6, 6.07) is 5.92. The average Bonchev–Trinajstić information content (AvgIpc) is 3.08. The Bertz CT molecular complexity index is 951. The Morgan fingerprint density at radius 3 is 2.52 bits per heavy atom. The van der Waals surface area contributed by atoms with E-state index < -0.39 is 23.8 Å². The molecule has 1 aliphatic rings. The first-order valence-corrected chi connectivity index (χ1v) is 9.72. The molecule has 2 aromatic rings. The lowest BCUT2D eigenvalue weighted by Crippen LogP contribution is -2.37. The fraction of sp³-hybridized carbons (Fsp3) is 0.450. The lowest BCUT2D eigenvalue weighted by atomic mass is 10.1. The van der Waals surface area contributed by atoms with Gasteiger partial charge in [0.1, 0.15) is 6.61 Å². The van der Waals surface area contributed by atoms with E-state index in [0.29, 0.717) is 38.3 Å². The second-order valence-electron chi connectivity index (χ2n) is 7.33. The third-order valence-electron chi connectivity index (χ3n) is 4.63. The van der Waals surface area contributed by atoms with E-state index in [1.54, 1.807) is 12.3 Å². The number of carboxylic acids is 1. The van der Waals surface area contributed by atoms with E-state index in [2.05, 4.69) is 15.3 Å². The maximum absolute atomic E-state index is 13.5. The zero-order valence-electron chi connectivity index (χ0n) is 17.6. The summed E-state index contributed by atoms with van der Waals surface area (Å²) >= 11 is 0. The van der Waals surface area contributed by atoms with Gasteiger partial charge in [-0.15, -0.1) is 0 Å². The lowest BCUT2D eigenvalue weighted by Gasteiger charge is -2.24. The predicted octanol–water partition coefficient (Wildman–Crippen LogP) is 2.19. The third kappa shape index (κ3) is 8.42. The minimum Gasteiger partial charge on any atom is -0.475 e. The summed E-state index contributed by atoms with van der Waals surface area (Å²) in [5.74, 6) is -4.47. The molecule has 2 N–H and O–H groups in total. The normalized spacial score (nSPS) is 16.2. The highest BCUT2D eigenvalue weighted by molar-refractivity contribution is 5.77. The highest BCUT2D eigenvalue weighted by atomic mass is 19.4. The molecule has 1 aromatic carbocycles. The number of aromatic nitrogens is 2. The Balaban J connectivity index is 0.000000479. The van der Waals surface area contributed by atoms with Gasteiger partial charge < -0.3 is 15.2 Å². The number of carbonyl (C=O) groups excluding carboxylic acids is 1. The molecule has 0 radical (unpaired) electrons. The minimum atomic E-state index is -5.08. The van der Waals surface area contributed by atoms with Crippen molar-refractivity contribution in [1.29, 1.82) is 0 Å². The summed E-state index contributed by atoms with van der Waals surface area (Å²) in [6.07, 6.45) is -3.34. The Morgan fingerprint density at radius 1 is 1.21 bits per heavy atom. The molecule has 0 bridgehead atoms. The van der Waals surface area contributed by atoms with Crippen LogP contribution >= 0.6 is 0 Å². The number of hydrogen-bond donors (Lipinski definition) is 2. The van der Waals surface area contributed by atoms with Crippen LogP contribution in [0.15, 0.2) is 30.5 Å². The number of halogens is 5. The standard InChI is InChI=1S/C18H22F2N4O2.C2HF3O2/c1-26-12-18(25)21-7-14-9-23(11-15-4-5-22-24(15)10-14)8-13-2-3-16(19)17(20)6-13;3-2(4,5)1(6)7/h2-6,14H,7-12H2,1H3,(H,21,25);(H,6,7). The number of carbonyl (C=O) groups is 2.